The third-order valence-corrected chi connectivity index (χ3v) is 6.89. The van der Waals surface area contributed by atoms with Gasteiger partial charge in [0, 0.05) is 36.1 Å². The quantitative estimate of drug-likeness (QED) is 0.514. The smallest absolute Gasteiger partial charge is 0.307 e. The molecule has 35 heavy (non-hydrogen) atoms. The second-order valence-corrected chi connectivity index (χ2v) is 9.97. The van der Waals surface area contributed by atoms with Crippen LogP contribution in [0.1, 0.15) is 49.6 Å². The van der Waals surface area contributed by atoms with Crippen molar-refractivity contribution >= 4 is 22.9 Å². The van der Waals surface area contributed by atoms with E-state index in [0.717, 1.165) is 65.2 Å². The summed E-state index contributed by atoms with van der Waals surface area (Å²) in [4.78, 5) is 13.6. The molecule has 0 saturated carbocycles. The third kappa shape index (κ3) is 5.05. The van der Waals surface area contributed by atoms with E-state index in [0.29, 0.717) is 25.8 Å². The number of rotatable bonds is 7. The van der Waals surface area contributed by atoms with E-state index in [1.165, 1.54) is 5.57 Å². The highest BCUT2D eigenvalue weighted by atomic mass is 16.5. The zero-order valence-corrected chi connectivity index (χ0v) is 20.7. The Bertz CT molecular complexity index is 1280. The number of carboxylic acids is 1. The Morgan fingerprint density at radius 2 is 2.11 bits per heavy atom. The van der Waals surface area contributed by atoms with E-state index in [2.05, 4.69) is 52.8 Å². The van der Waals surface area contributed by atoms with Crippen LogP contribution in [0.2, 0.25) is 0 Å². The fraction of sp³-hybridized carbons (Fsp3) is 0.429. The number of aliphatic carboxylic acids is 1. The number of benzene rings is 2. The van der Waals surface area contributed by atoms with Crippen molar-refractivity contribution in [2.45, 2.75) is 46.3 Å². The molecule has 7 heteroatoms. The van der Waals surface area contributed by atoms with E-state index in [4.69, 9.17) is 9.47 Å². The zero-order valence-electron chi connectivity index (χ0n) is 20.7. The molecule has 2 aromatic carbocycles. The molecule has 0 amide bonds. The lowest BCUT2D eigenvalue weighted by molar-refractivity contribution is -0.143. The maximum Gasteiger partial charge on any atom is 0.307 e. The largest absolute Gasteiger partial charge is 0.489 e. The minimum absolute atomic E-state index is 0.267. The average molecular weight is 476 g/mol. The maximum atomic E-state index is 11.3. The van der Waals surface area contributed by atoms with Crippen molar-refractivity contribution in [2.75, 3.05) is 26.2 Å². The summed E-state index contributed by atoms with van der Waals surface area (Å²) in [5.74, 6) is 0.632. The van der Waals surface area contributed by atoms with Crippen LogP contribution in [0, 0.1) is 12.8 Å². The lowest BCUT2D eigenvalue weighted by atomic mass is 9.97. The number of carboxylic acid groups (broad SMARTS) is 1. The van der Waals surface area contributed by atoms with Crippen LogP contribution >= 0.6 is 0 Å². The molecular weight excluding hydrogens is 442 g/mol. The Hall–Kier alpha value is -3.32. The molecule has 7 nitrogen and oxygen atoms in total. The minimum Gasteiger partial charge on any atom is -0.489 e. The molecule has 3 heterocycles. The number of hydrogen-bond acceptors (Lipinski definition) is 5. The lowest BCUT2D eigenvalue weighted by Gasteiger charge is -2.32. The Morgan fingerprint density at radius 1 is 1.26 bits per heavy atom. The molecule has 2 aliphatic heterocycles. The van der Waals surface area contributed by atoms with E-state index < -0.39 is 5.97 Å². The summed E-state index contributed by atoms with van der Waals surface area (Å²) in [6.07, 6.45) is 3.85. The van der Waals surface area contributed by atoms with Crippen LogP contribution < -0.4 is 9.47 Å². The molecule has 1 atom stereocenters. The van der Waals surface area contributed by atoms with E-state index in [9.17, 15) is 9.90 Å². The van der Waals surface area contributed by atoms with Crippen LogP contribution in [-0.4, -0.2) is 52.0 Å². The predicted molar refractivity (Wildman–Crippen MR) is 136 cm³/mol. The molecule has 0 aliphatic carbocycles. The Balaban J connectivity index is 1.23. The van der Waals surface area contributed by atoms with Crippen molar-refractivity contribution in [1.29, 1.82) is 0 Å². The van der Waals surface area contributed by atoms with Crippen molar-refractivity contribution in [1.82, 2.24) is 14.7 Å². The molecule has 184 valence electrons. The molecule has 3 aromatic rings. The average Bonchev–Trinajstić information content (AvgIpc) is 3.19. The molecule has 0 radical (unpaired) electrons. The number of ether oxygens (including phenoxy) is 2. The summed E-state index contributed by atoms with van der Waals surface area (Å²) < 4.78 is 14.2. The highest BCUT2D eigenvalue weighted by Crippen LogP contribution is 2.32. The first kappa shape index (κ1) is 23.4. The normalized spacial score (nSPS) is 18.3. The van der Waals surface area contributed by atoms with Crippen LogP contribution in [0.3, 0.4) is 0 Å². The first-order valence-corrected chi connectivity index (χ1v) is 12.4. The van der Waals surface area contributed by atoms with Crippen molar-refractivity contribution in [3.8, 4) is 11.5 Å². The van der Waals surface area contributed by atoms with E-state index in [-0.39, 0.29) is 5.92 Å². The summed E-state index contributed by atoms with van der Waals surface area (Å²) >= 11 is 0. The van der Waals surface area contributed by atoms with Crippen LogP contribution in [0.5, 0.6) is 11.5 Å². The summed E-state index contributed by atoms with van der Waals surface area (Å²) in [6.45, 7) is 9.60. The zero-order chi connectivity index (χ0) is 24.5. The minimum atomic E-state index is -0.692. The number of piperidine rings is 1. The van der Waals surface area contributed by atoms with Crippen molar-refractivity contribution < 1.29 is 19.4 Å². The Kier molecular flexibility index (Phi) is 6.52. The van der Waals surface area contributed by atoms with Crippen LogP contribution in [0.15, 0.2) is 42.0 Å². The SMILES string of the molecule is Cc1nn(C(C)C)c2ccc(COc3ccc4c(c3)OCC(CN3CCC[C@@H](C(=O)O)C3)=C4)cc12. The highest BCUT2D eigenvalue weighted by Gasteiger charge is 2.26. The number of aromatic nitrogens is 2. The molecule has 5 rings (SSSR count). The molecule has 1 N–H and O–H groups in total. The van der Waals surface area contributed by atoms with Gasteiger partial charge in [-0.15, -0.1) is 0 Å². The molecule has 1 aromatic heterocycles. The van der Waals surface area contributed by atoms with Crippen molar-refractivity contribution in [2.24, 2.45) is 5.92 Å². The Labute approximate surface area is 205 Å². The third-order valence-electron chi connectivity index (χ3n) is 6.89. The molecule has 2 aliphatic rings. The van der Waals surface area contributed by atoms with E-state index >= 15 is 0 Å². The fourth-order valence-corrected chi connectivity index (χ4v) is 5.05. The van der Waals surface area contributed by atoms with Gasteiger partial charge in [-0.05, 0) is 81.6 Å². The summed E-state index contributed by atoms with van der Waals surface area (Å²) in [7, 11) is 0. The van der Waals surface area contributed by atoms with Crippen LogP contribution in [0.25, 0.3) is 17.0 Å². The van der Waals surface area contributed by atoms with Crippen molar-refractivity contribution in [3.05, 3.63) is 58.8 Å². The van der Waals surface area contributed by atoms with Gasteiger partial charge in [-0.1, -0.05) is 6.07 Å². The molecule has 0 bridgehead atoms. The van der Waals surface area contributed by atoms with Gasteiger partial charge in [-0.2, -0.15) is 5.10 Å². The van der Waals surface area contributed by atoms with Crippen molar-refractivity contribution in [3.63, 3.8) is 0 Å². The molecule has 1 fully saturated rings. The second-order valence-electron chi connectivity index (χ2n) is 9.97. The van der Waals surface area contributed by atoms with Gasteiger partial charge in [0.1, 0.15) is 24.7 Å². The van der Waals surface area contributed by atoms with Gasteiger partial charge in [-0.3, -0.25) is 14.4 Å². The number of carbonyl (C=O) groups is 1. The number of aryl methyl sites for hydroxylation is 1. The van der Waals surface area contributed by atoms with Gasteiger partial charge >= 0.3 is 5.97 Å². The van der Waals surface area contributed by atoms with Gasteiger partial charge in [-0.25, -0.2) is 0 Å². The summed E-state index contributed by atoms with van der Waals surface area (Å²) in [6, 6.07) is 12.7. The highest BCUT2D eigenvalue weighted by molar-refractivity contribution is 5.82. The van der Waals surface area contributed by atoms with Gasteiger partial charge in [0.2, 0.25) is 0 Å². The summed E-state index contributed by atoms with van der Waals surface area (Å²) in [5, 5.41) is 15.2. The van der Waals surface area contributed by atoms with E-state index in [1.807, 2.05) is 25.1 Å². The second kappa shape index (κ2) is 9.74. The number of hydrogen-bond donors (Lipinski definition) is 1. The monoisotopic (exact) mass is 475 g/mol. The lowest BCUT2D eigenvalue weighted by Crippen LogP contribution is -2.40. The molecule has 1 saturated heterocycles. The van der Waals surface area contributed by atoms with Gasteiger partial charge in [0.25, 0.3) is 0 Å². The maximum absolute atomic E-state index is 11.3. The molecular formula is C28H33N3O4. The fourth-order valence-electron chi connectivity index (χ4n) is 5.05. The van der Waals surface area contributed by atoms with Crippen LogP contribution in [-0.2, 0) is 11.4 Å². The van der Waals surface area contributed by atoms with E-state index in [1.54, 1.807) is 0 Å². The number of fused-ring (bicyclic) bond motifs is 2. The molecule has 0 spiro atoms. The number of nitrogens with zero attached hydrogens (tertiary/aromatic N) is 3. The first-order valence-electron chi connectivity index (χ1n) is 12.4. The first-order chi connectivity index (χ1) is 16.9. The van der Waals surface area contributed by atoms with Gasteiger partial charge in [0.15, 0.2) is 0 Å². The standard InChI is InChI=1S/C28H33N3O4/c1-18(2)31-26-9-6-20(12-25(26)19(3)29-31)16-34-24-8-7-22-11-21(17-35-27(22)13-24)14-30-10-4-5-23(15-30)28(32)33/h6-9,11-13,18,23H,4-5,10,14-17H2,1-3H3,(H,32,33)/t23-/m1/s1. The van der Waals surface area contributed by atoms with Gasteiger partial charge in [0.05, 0.1) is 17.1 Å². The molecule has 0 unspecified atom stereocenters. The summed E-state index contributed by atoms with van der Waals surface area (Å²) in [5.41, 5.74) is 5.48. The van der Waals surface area contributed by atoms with Crippen LogP contribution in [0.4, 0.5) is 0 Å². The number of likely N-dealkylation sites (tertiary alicyclic amines) is 1. The van der Waals surface area contributed by atoms with Gasteiger partial charge < -0.3 is 14.6 Å². The topological polar surface area (TPSA) is 76.8 Å². The predicted octanol–water partition coefficient (Wildman–Crippen LogP) is 5.08. The Morgan fingerprint density at radius 3 is 2.91 bits per heavy atom.